The lowest BCUT2D eigenvalue weighted by Crippen LogP contribution is -2.39. The first kappa shape index (κ1) is 16.4. The Morgan fingerprint density at radius 3 is 2.55 bits per heavy atom. The molecule has 0 fully saturated rings. The van der Waals surface area contributed by atoms with Crippen molar-refractivity contribution in [3.63, 3.8) is 0 Å². The molecule has 2 N–H and O–H groups in total. The van der Waals surface area contributed by atoms with Crippen molar-refractivity contribution in [1.29, 1.82) is 0 Å². The number of aliphatic hydroxyl groups excluding tert-OH is 1. The second-order valence-corrected chi connectivity index (χ2v) is 4.87. The Bertz CT molecular complexity index is 450. The van der Waals surface area contributed by atoms with Crippen molar-refractivity contribution in [2.75, 3.05) is 20.3 Å². The van der Waals surface area contributed by atoms with Crippen LogP contribution in [0.25, 0.3) is 0 Å². The van der Waals surface area contributed by atoms with Crippen LogP contribution in [0.4, 0.5) is 4.39 Å². The number of methoxy groups -OCH3 is 1. The van der Waals surface area contributed by atoms with Gasteiger partial charge in [0.05, 0.1) is 19.3 Å². The smallest absolute Gasteiger partial charge is 0.254 e. The number of ether oxygens (including phenoxy) is 1. The largest absolute Gasteiger partial charge is 0.494 e. The van der Waals surface area contributed by atoms with Crippen molar-refractivity contribution in [1.82, 2.24) is 5.32 Å². The molecule has 1 aromatic rings. The topological polar surface area (TPSA) is 58.6 Å². The molecule has 0 bridgehead atoms. The van der Waals surface area contributed by atoms with Gasteiger partial charge in [0.25, 0.3) is 5.91 Å². The number of halogens is 1. The van der Waals surface area contributed by atoms with E-state index in [1.54, 1.807) is 6.07 Å². The Kier molecular flexibility index (Phi) is 5.95. The highest BCUT2D eigenvalue weighted by Crippen LogP contribution is 2.25. The first-order valence-corrected chi connectivity index (χ1v) is 6.75. The lowest BCUT2D eigenvalue weighted by molar-refractivity contribution is 0.0847. The van der Waals surface area contributed by atoms with Crippen molar-refractivity contribution < 1.29 is 19.0 Å². The van der Waals surface area contributed by atoms with Crippen LogP contribution in [0, 0.1) is 11.2 Å². The van der Waals surface area contributed by atoms with Crippen LogP contribution < -0.4 is 10.1 Å². The van der Waals surface area contributed by atoms with Gasteiger partial charge in [0.15, 0.2) is 11.6 Å². The van der Waals surface area contributed by atoms with E-state index in [1.165, 1.54) is 19.2 Å². The second-order valence-electron chi connectivity index (χ2n) is 4.87. The lowest BCUT2D eigenvalue weighted by Gasteiger charge is -2.29. The minimum absolute atomic E-state index is 0.0130. The van der Waals surface area contributed by atoms with Crippen LogP contribution in [-0.2, 0) is 0 Å². The number of carbonyl (C=O) groups excluding carboxylic acids is 1. The molecule has 1 aromatic carbocycles. The summed E-state index contributed by atoms with van der Waals surface area (Å²) < 4.78 is 18.8. The molecule has 1 rings (SSSR count). The first-order chi connectivity index (χ1) is 9.53. The molecular formula is C15H22FNO3. The zero-order chi connectivity index (χ0) is 15.2. The highest BCUT2D eigenvalue weighted by atomic mass is 19.1. The molecule has 0 aromatic heterocycles. The quantitative estimate of drug-likeness (QED) is 0.807. The van der Waals surface area contributed by atoms with Crippen molar-refractivity contribution >= 4 is 5.91 Å². The van der Waals surface area contributed by atoms with E-state index in [9.17, 15) is 14.3 Å². The number of amides is 1. The van der Waals surface area contributed by atoms with Crippen LogP contribution in [-0.4, -0.2) is 31.3 Å². The van der Waals surface area contributed by atoms with Crippen LogP contribution in [0.1, 0.15) is 37.0 Å². The summed E-state index contributed by atoms with van der Waals surface area (Å²) in [6.07, 6.45) is 1.47. The summed E-state index contributed by atoms with van der Waals surface area (Å²) in [6, 6.07) is 4.43. The first-order valence-electron chi connectivity index (χ1n) is 6.75. The van der Waals surface area contributed by atoms with Crippen LogP contribution in [0.2, 0.25) is 0 Å². The molecule has 0 saturated heterocycles. The summed E-state index contributed by atoms with van der Waals surface area (Å²) >= 11 is 0. The molecule has 0 radical (unpaired) electrons. The number of hydrogen-bond donors (Lipinski definition) is 2. The number of nitrogens with one attached hydrogen (secondary N) is 1. The average Bonchev–Trinajstić information content (AvgIpc) is 2.49. The van der Waals surface area contributed by atoms with Crippen molar-refractivity contribution in [2.45, 2.75) is 26.7 Å². The van der Waals surface area contributed by atoms with Gasteiger partial charge in [-0.05, 0) is 25.0 Å². The Morgan fingerprint density at radius 2 is 2.05 bits per heavy atom. The van der Waals surface area contributed by atoms with Crippen molar-refractivity contribution in [2.24, 2.45) is 5.41 Å². The average molecular weight is 283 g/mol. The Balaban J connectivity index is 2.82. The fourth-order valence-corrected chi connectivity index (χ4v) is 1.99. The van der Waals surface area contributed by atoms with Gasteiger partial charge in [0.1, 0.15) is 0 Å². The number of rotatable bonds is 7. The summed E-state index contributed by atoms with van der Waals surface area (Å²) in [5.41, 5.74) is -0.409. The molecule has 0 saturated carbocycles. The zero-order valence-corrected chi connectivity index (χ0v) is 12.2. The molecule has 20 heavy (non-hydrogen) atoms. The van der Waals surface area contributed by atoms with Gasteiger partial charge < -0.3 is 15.2 Å². The SMILES string of the molecule is CCC(CC)(CO)CNC(=O)c1cccc(OC)c1F. The predicted molar refractivity (Wildman–Crippen MR) is 75.4 cm³/mol. The van der Waals surface area contributed by atoms with Gasteiger partial charge in [-0.3, -0.25) is 4.79 Å². The molecule has 0 aliphatic rings. The fraction of sp³-hybridized carbons (Fsp3) is 0.533. The molecule has 1 amide bonds. The van der Waals surface area contributed by atoms with Crippen molar-refractivity contribution in [3.8, 4) is 5.75 Å². The van der Waals surface area contributed by atoms with Crippen LogP contribution in [0.3, 0.4) is 0 Å². The maximum atomic E-state index is 14.0. The van der Waals surface area contributed by atoms with E-state index < -0.39 is 11.7 Å². The Hall–Kier alpha value is -1.62. The summed E-state index contributed by atoms with van der Waals surface area (Å²) in [5.74, 6) is -1.13. The lowest BCUT2D eigenvalue weighted by atomic mass is 9.83. The highest BCUT2D eigenvalue weighted by molar-refractivity contribution is 5.94. The third-order valence-corrected chi connectivity index (χ3v) is 3.89. The maximum Gasteiger partial charge on any atom is 0.254 e. The molecule has 0 heterocycles. The highest BCUT2D eigenvalue weighted by Gasteiger charge is 2.26. The van der Waals surface area contributed by atoms with E-state index in [0.29, 0.717) is 6.54 Å². The Morgan fingerprint density at radius 1 is 1.40 bits per heavy atom. The summed E-state index contributed by atoms with van der Waals surface area (Å²) in [7, 11) is 1.35. The fourth-order valence-electron chi connectivity index (χ4n) is 1.99. The van der Waals surface area contributed by atoms with Gasteiger partial charge in [0, 0.05) is 12.0 Å². The standard InChI is InChI=1S/C15H22FNO3/c1-4-15(5-2,10-18)9-17-14(19)11-7-6-8-12(20-3)13(11)16/h6-8,18H,4-5,9-10H2,1-3H3,(H,17,19). The number of aliphatic hydroxyl groups is 1. The van der Waals surface area contributed by atoms with Gasteiger partial charge in [-0.25, -0.2) is 4.39 Å². The number of benzene rings is 1. The predicted octanol–water partition coefficient (Wildman–Crippen LogP) is 2.36. The summed E-state index contributed by atoms with van der Waals surface area (Å²) in [6.45, 7) is 4.21. The van der Waals surface area contributed by atoms with Gasteiger partial charge in [-0.2, -0.15) is 0 Å². The van der Waals surface area contributed by atoms with E-state index in [1.807, 2.05) is 13.8 Å². The van der Waals surface area contributed by atoms with Crippen LogP contribution in [0.15, 0.2) is 18.2 Å². The minimum Gasteiger partial charge on any atom is -0.494 e. The molecule has 112 valence electrons. The molecule has 0 atom stereocenters. The second kappa shape index (κ2) is 7.24. The van der Waals surface area contributed by atoms with Gasteiger partial charge in [0.2, 0.25) is 0 Å². The van der Waals surface area contributed by atoms with E-state index in [0.717, 1.165) is 12.8 Å². The monoisotopic (exact) mass is 283 g/mol. The number of carbonyl (C=O) groups is 1. The normalized spacial score (nSPS) is 11.2. The molecule has 0 spiro atoms. The maximum absolute atomic E-state index is 14.0. The molecule has 0 aliphatic carbocycles. The molecule has 0 unspecified atom stereocenters. The molecule has 4 nitrogen and oxygen atoms in total. The van der Waals surface area contributed by atoms with E-state index in [2.05, 4.69) is 5.32 Å². The van der Waals surface area contributed by atoms with Gasteiger partial charge >= 0.3 is 0 Å². The third-order valence-electron chi connectivity index (χ3n) is 3.89. The molecule has 0 aliphatic heterocycles. The molecule has 5 heteroatoms. The minimum atomic E-state index is -0.671. The summed E-state index contributed by atoms with van der Waals surface area (Å²) in [5, 5.41) is 12.1. The summed E-state index contributed by atoms with van der Waals surface area (Å²) in [4.78, 5) is 12.0. The van der Waals surface area contributed by atoms with Crippen molar-refractivity contribution in [3.05, 3.63) is 29.6 Å². The zero-order valence-electron chi connectivity index (χ0n) is 12.2. The van der Waals surface area contributed by atoms with Gasteiger partial charge in [-0.15, -0.1) is 0 Å². The number of hydrogen-bond acceptors (Lipinski definition) is 3. The van der Waals surface area contributed by atoms with E-state index in [4.69, 9.17) is 4.74 Å². The van der Waals surface area contributed by atoms with Crippen LogP contribution in [0.5, 0.6) is 5.75 Å². The van der Waals surface area contributed by atoms with E-state index in [-0.39, 0.29) is 23.3 Å². The van der Waals surface area contributed by atoms with Crippen LogP contribution >= 0.6 is 0 Å². The van der Waals surface area contributed by atoms with Gasteiger partial charge in [-0.1, -0.05) is 19.9 Å². The Labute approximate surface area is 119 Å². The van der Waals surface area contributed by atoms with E-state index >= 15 is 0 Å². The third kappa shape index (κ3) is 3.48. The molecular weight excluding hydrogens is 261 g/mol.